The van der Waals surface area contributed by atoms with Crippen molar-refractivity contribution in [3.8, 4) is 11.5 Å². The minimum atomic E-state index is -0.789. The van der Waals surface area contributed by atoms with Crippen LogP contribution in [0.5, 0.6) is 11.5 Å². The van der Waals surface area contributed by atoms with Gasteiger partial charge in [-0.1, -0.05) is 69.7 Å². The maximum Gasteiger partial charge on any atom is 0.290 e. The number of nitrogens with zero attached hydrogens (tertiary/aromatic N) is 1. The summed E-state index contributed by atoms with van der Waals surface area (Å²) in [6.45, 7) is 4.28. The van der Waals surface area contributed by atoms with Gasteiger partial charge in [0.25, 0.3) is 5.91 Å². The fourth-order valence-electron chi connectivity index (χ4n) is 4.93. The number of carbonyl (C=O) groups is 3. The molecule has 1 fully saturated rings. The number of benzene rings is 1. The molecule has 3 N–H and O–H groups in total. The molecule has 3 unspecified atom stereocenters. The van der Waals surface area contributed by atoms with Crippen molar-refractivity contribution in [2.45, 2.75) is 77.4 Å². The molecule has 2 aromatic rings. The van der Waals surface area contributed by atoms with Crippen molar-refractivity contribution in [2.75, 3.05) is 6.79 Å². The molecule has 1 aromatic heterocycles. The van der Waals surface area contributed by atoms with Gasteiger partial charge in [0.2, 0.25) is 24.4 Å². The van der Waals surface area contributed by atoms with E-state index in [9.17, 15) is 14.4 Å². The number of carbonyl (C=O) groups excluding carboxylic acids is 3. The average molecular weight is 513 g/mol. The Bertz CT molecular complexity index is 1070. The van der Waals surface area contributed by atoms with Crippen molar-refractivity contribution in [2.24, 2.45) is 11.8 Å². The molecule has 200 valence electrons. The second-order valence-corrected chi connectivity index (χ2v) is 9.88. The van der Waals surface area contributed by atoms with Crippen LogP contribution >= 0.6 is 0 Å². The van der Waals surface area contributed by atoms with Crippen LogP contribution in [0.2, 0.25) is 0 Å². The van der Waals surface area contributed by atoms with E-state index in [0.29, 0.717) is 30.3 Å². The van der Waals surface area contributed by atoms with Crippen LogP contribution in [-0.2, 0) is 16.1 Å². The maximum atomic E-state index is 13.5. The van der Waals surface area contributed by atoms with Gasteiger partial charge in [0.15, 0.2) is 11.5 Å². The standard InChI is InChI=1S/C27H36N4O6/c1-3-17(2)23(27(34)28-15-19-10-7-11-21-24(19)36-16-35-21)31-25(32)20(14-18-8-5-4-6-9-18)30-26(33)22-12-13-29-37-22/h7,10-13,17-18,20,23H,3-6,8-9,14-16H2,1-2H3,(H,28,34)(H,30,33)(H,31,32). The van der Waals surface area contributed by atoms with Crippen molar-refractivity contribution >= 4 is 17.7 Å². The quantitative estimate of drug-likeness (QED) is 0.421. The molecule has 4 rings (SSSR count). The molecule has 0 bridgehead atoms. The number of amides is 3. The Hall–Kier alpha value is -3.56. The number of aromatic nitrogens is 1. The van der Waals surface area contributed by atoms with Crippen LogP contribution < -0.4 is 25.4 Å². The molecular formula is C27H36N4O6. The van der Waals surface area contributed by atoms with E-state index in [-0.39, 0.29) is 36.8 Å². The van der Waals surface area contributed by atoms with E-state index < -0.39 is 18.0 Å². The topological polar surface area (TPSA) is 132 Å². The summed E-state index contributed by atoms with van der Waals surface area (Å²) < 4.78 is 15.9. The predicted molar refractivity (Wildman–Crippen MR) is 135 cm³/mol. The Morgan fingerprint density at radius 1 is 1.05 bits per heavy atom. The number of para-hydroxylation sites is 1. The fraction of sp³-hybridized carbons (Fsp3) is 0.556. The molecule has 3 amide bonds. The van der Waals surface area contributed by atoms with Crippen LogP contribution in [0.1, 0.15) is 74.9 Å². The van der Waals surface area contributed by atoms with Crippen LogP contribution in [0.15, 0.2) is 35.0 Å². The average Bonchev–Trinajstić information content (AvgIpc) is 3.63. The van der Waals surface area contributed by atoms with Crippen molar-refractivity contribution in [1.29, 1.82) is 0 Å². The van der Waals surface area contributed by atoms with Gasteiger partial charge in [-0.25, -0.2) is 0 Å². The highest BCUT2D eigenvalue weighted by atomic mass is 16.7. The van der Waals surface area contributed by atoms with E-state index in [1.807, 2.05) is 32.0 Å². The summed E-state index contributed by atoms with van der Waals surface area (Å²) in [5, 5.41) is 12.2. The molecule has 0 radical (unpaired) electrons. The van der Waals surface area contributed by atoms with E-state index in [1.165, 1.54) is 18.7 Å². The van der Waals surface area contributed by atoms with Gasteiger partial charge in [-0.15, -0.1) is 0 Å². The molecule has 0 saturated heterocycles. The second-order valence-electron chi connectivity index (χ2n) is 9.88. The normalized spacial score (nSPS) is 17.5. The highest BCUT2D eigenvalue weighted by Crippen LogP contribution is 2.35. The van der Waals surface area contributed by atoms with Gasteiger partial charge in [-0.2, -0.15) is 0 Å². The van der Waals surface area contributed by atoms with Gasteiger partial charge < -0.3 is 29.9 Å². The fourth-order valence-corrected chi connectivity index (χ4v) is 4.93. The SMILES string of the molecule is CCC(C)C(NC(=O)C(CC1CCCCC1)NC(=O)c1ccno1)C(=O)NCc1cccc2c1OCO2. The highest BCUT2D eigenvalue weighted by Gasteiger charge is 2.32. The lowest BCUT2D eigenvalue weighted by Crippen LogP contribution is -2.56. The third kappa shape index (κ3) is 6.81. The molecule has 2 heterocycles. The largest absolute Gasteiger partial charge is 0.454 e. The van der Waals surface area contributed by atoms with Crippen molar-refractivity contribution < 1.29 is 28.4 Å². The zero-order valence-corrected chi connectivity index (χ0v) is 21.5. The Morgan fingerprint density at radius 3 is 2.59 bits per heavy atom. The van der Waals surface area contributed by atoms with E-state index >= 15 is 0 Å². The number of hydrogen-bond donors (Lipinski definition) is 3. The molecule has 37 heavy (non-hydrogen) atoms. The van der Waals surface area contributed by atoms with E-state index in [2.05, 4.69) is 21.1 Å². The predicted octanol–water partition coefficient (Wildman–Crippen LogP) is 3.32. The van der Waals surface area contributed by atoms with Gasteiger partial charge in [0, 0.05) is 18.2 Å². The zero-order chi connectivity index (χ0) is 26.2. The summed E-state index contributed by atoms with van der Waals surface area (Å²) in [7, 11) is 0. The lowest BCUT2D eigenvalue weighted by molar-refractivity contribution is -0.131. The lowest BCUT2D eigenvalue weighted by atomic mass is 9.84. The lowest BCUT2D eigenvalue weighted by Gasteiger charge is -2.29. The van der Waals surface area contributed by atoms with Crippen LogP contribution in [0.25, 0.3) is 0 Å². The van der Waals surface area contributed by atoms with E-state index in [1.54, 1.807) is 0 Å². The first-order valence-corrected chi connectivity index (χ1v) is 13.1. The molecular weight excluding hydrogens is 476 g/mol. The summed E-state index contributed by atoms with van der Waals surface area (Å²) >= 11 is 0. The van der Waals surface area contributed by atoms with Crippen molar-refractivity contribution in [1.82, 2.24) is 21.1 Å². The van der Waals surface area contributed by atoms with Gasteiger partial charge >= 0.3 is 0 Å². The zero-order valence-electron chi connectivity index (χ0n) is 21.5. The van der Waals surface area contributed by atoms with Crippen LogP contribution in [0.3, 0.4) is 0 Å². The van der Waals surface area contributed by atoms with Crippen LogP contribution in [-0.4, -0.2) is 41.8 Å². The molecule has 1 aliphatic heterocycles. The summed E-state index contributed by atoms with van der Waals surface area (Å²) in [5.41, 5.74) is 0.798. The summed E-state index contributed by atoms with van der Waals surface area (Å²) in [4.78, 5) is 39.5. The summed E-state index contributed by atoms with van der Waals surface area (Å²) in [6, 6.07) is 5.43. The summed E-state index contributed by atoms with van der Waals surface area (Å²) in [5.74, 6) is 0.343. The van der Waals surface area contributed by atoms with E-state index in [4.69, 9.17) is 14.0 Å². The third-order valence-corrected chi connectivity index (χ3v) is 7.30. The number of nitrogens with one attached hydrogen (secondary N) is 3. The third-order valence-electron chi connectivity index (χ3n) is 7.30. The number of hydrogen-bond acceptors (Lipinski definition) is 7. The highest BCUT2D eigenvalue weighted by molar-refractivity contribution is 5.96. The first-order valence-electron chi connectivity index (χ1n) is 13.1. The molecule has 10 nitrogen and oxygen atoms in total. The van der Waals surface area contributed by atoms with E-state index in [0.717, 1.165) is 31.2 Å². The van der Waals surface area contributed by atoms with Gasteiger partial charge in [-0.05, 0) is 24.3 Å². The molecule has 10 heteroatoms. The molecule has 2 aliphatic rings. The first-order chi connectivity index (χ1) is 18.0. The second kappa shape index (κ2) is 12.6. The number of ether oxygens (including phenoxy) is 2. The molecule has 1 saturated carbocycles. The minimum Gasteiger partial charge on any atom is -0.454 e. The van der Waals surface area contributed by atoms with Crippen LogP contribution in [0, 0.1) is 11.8 Å². The first kappa shape index (κ1) is 26.5. The van der Waals surface area contributed by atoms with Gasteiger partial charge in [0.05, 0.1) is 6.20 Å². The smallest absolute Gasteiger partial charge is 0.290 e. The summed E-state index contributed by atoms with van der Waals surface area (Å²) in [6.07, 6.45) is 8.04. The number of rotatable bonds is 11. The Kier molecular flexibility index (Phi) is 9.03. The van der Waals surface area contributed by atoms with Gasteiger partial charge in [0.1, 0.15) is 12.1 Å². The Labute approximate surface area is 216 Å². The molecule has 3 atom stereocenters. The Balaban J connectivity index is 1.44. The maximum absolute atomic E-state index is 13.5. The van der Waals surface area contributed by atoms with Crippen molar-refractivity contribution in [3.05, 3.63) is 41.8 Å². The monoisotopic (exact) mass is 512 g/mol. The molecule has 1 aromatic carbocycles. The number of fused-ring (bicyclic) bond motifs is 1. The molecule has 1 aliphatic carbocycles. The van der Waals surface area contributed by atoms with Crippen LogP contribution in [0.4, 0.5) is 0 Å². The Morgan fingerprint density at radius 2 is 1.86 bits per heavy atom. The molecule has 0 spiro atoms. The van der Waals surface area contributed by atoms with Gasteiger partial charge in [-0.3, -0.25) is 14.4 Å². The minimum absolute atomic E-state index is 0.0410. The van der Waals surface area contributed by atoms with Crippen molar-refractivity contribution in [3.63, 3.8) is 0 Å².